The molecule has 0 spiro atoms. The minimum atomic E-state index is -0.860. The minimum Gasteiger partial charge on any atom is -0.511 e. The van der Waals surface area contributed by atoms with Crippen LogP contribution in [0.25, 0.3) is 0 Å². The second-order valence-electron chi connectivity index (χ2n) is 4.25. The summed E-state index contributed by atoms with van der Waals surface area (Å²) in [5.74, 6) is -2.03. The third-order valence-corrected chi connectivity index (χ3v) is 2.74. The monoisotopic (exact) mass is 292 g/mol. The molecule has 0 radical (unpaired) electrons. The van der Waals surface area contributed by atoms with Gasteiger partial charge in [0.25, 0.3) is 0 Å². The zero-order chi connectivity index (χ0) is 15.7. The number of carbonyl (C=O) groups is 2. The number of aliphatic hydroxyl groups is 1. The van der Waals surface area contributed by atoms with Crippen molar-refractivity contribution in [2.24, 2.45) is 0 Å². The number of aryl methyl sites for hydroxylation is 1. The van der Waals surface area contributed by atoms with E-state index in [0.717, 1.165) is 5.56 Å². The van der Waals surface area contributed by atoms with Gasteiger partial charge in [0.05, 0.1) is 13.2 Å². The van der Waals surface area contributed by atoms with Crippen molar-refractivity contribution < 1.29 is 24.2 Å². The van der Waals surface area contributed by atoms with Crippen molar-refractivity contribution in [2.75, 3.05) is 13.2 Å². The van der Waals surface area contributed by atoms with Gasteiger partial charge in [-0.3, -0.25) is 0 Å². The Morgan fingerprint density at radius 1 is 1.00 bits per heavy atom. The van der Waals surface area contributed by atoms with Gasteiger partial charge < -0.3 is 14.6 Å². The summed E-state index contributed by atoms with van der Waals surface area (Å²) in [7, 11) is 0. The van der Waals surface area contributed by atoms with E-state index < -0.39 is 17.5 Å². The molecule has 0 aliphatic heterocycles. The second-order valence-corrected chi connectivity index (χ2v) is 4.25. The van der Waals surface area contributed by atoms with E-state index in [2.05, 4.69) is 0 Å². The van der Waals surface area contributed by atoms with Gasteiger partial charge in [-0.05, 0) is 25.8 Å². The molecule has 0 heterocycles. The summed E-state index contributed by atoms with van der Waals surface area (Å²) < 4.78 is 9.57. The molecule has 0 aromatic heterocycles. The van der Waals surface area contributed by atoms with Crippen LogP contribution in [0.5, 0.6) is 0 Å². The van der Waals surface area contributed by atoms with Crippen molar-refractivity contribution in [2.45, 2.75) is 26.7 Å². The van der Waals surface area contributed by atoms with Gasteiger partial charge in [0.2, 0.25) is 0 Å². The number of benzene rings is 1. The van der Waals surface area contributed by atoms with Gasteiger partial charge in [-0.2, -0.15) is 0 Å². The largest absolute Gasteiger partial charge is 0.511 e. The van der Waals surface area contributed by atoms with Crippen LogP contribution in [0.1, 0.15) is 25.8 Å². The quantitative estimate of drug-likeness (QED) is 0.275. The fourth-order valence-electron chi connectivity index (χ4n) is 1.76. The summed E-state index contributed by atoms with van der Waals surface area (Å²) >= 11 is 0. The standard InChI is InChI=1S/C16H20O5/c1-3-20-15(18)14(16(19)21-4-2)13(17)11-10-12-8-6-5-7-9-12/h5-9,17H,3-4,10-11H2,1-2H3. The first-order valence-corrected chi connectivity index (χ1v) is 6.90. The predicted octanol–water partition coefficient (Wildman–Crippen LogP) is 2.56. The number of carbonyl (C=O) groups excluding carboxylic acids is 2. The normalized spacial score (nSPS) is 9.81. The Kier molecular flexibility index (Phi) is 7.01. The van der Waals surface area contributed by atoms with Gasteiger partial charge in [0, 0.05) is 6.42 Å². The number of allylic oxidation sites excluding steroid dienone is 1. The summed E-state index contributed by atoms with van der Waals surface area (Å²) in [6.45, 7) is 3.49. The molecule has 114 valence electrons. The average Bonchev–Trinajstić information content (AvgIpc) is 2.47. The molecule has 0 aliphatic carbocycles. The Labute approximate surface area is 124 Å². The predicted molar refractivity (Wildman–Crippen MR) is 77.7 cm³/mol. The Morgan fingerprint density at radius 2 is 1.52 bits per heavy atom. The lowest BCUT2D eigenvalue weighted by atomic mass is 10.1. The van der Waals surface area contributed by atoms with Crippen LogP contribution in [0.4, 0.5) is 0 Å². The van der Waals surface area contributed by atoms with E-state index in [1.165, 1.54) is 0 Å². The van der Waals surface area contributed by atoms with Crippen LogP contribution >= 0.6 is 0 Å². The number of hydrogen-bond acceptors (Lipinski definition) is 5. The highest BCUT2D eigenvalue weighted by atomic mass is 16.6. The fraction of sp³-hybridized carbons (Fsp3) is 0.375. The summed E-state index contributed by atoms with van der Waals surface area (Å²) in [6.07, 6.45) is 0.673. The average molecular weight is 292 g/mol. The van der Waals surface area contributed by atoms with E-state index in [9.17, 15) is 14.7 Å². The molecule has 0 atom stereocenters. The molecule has 0 aliphatic rings. The zero-order valence-electron chi connectivity index (χ0n) is 12.3. The van der Waals surface area contributed by atoms with Gasteiger partial charge in [-0.25, -0.2) is 9.59 Å². The Hall–Kier alpha value is -2.30. The molecule has 1 N–H and O–H groups in total. The molecule has 1 aromatic carbocycles. The Bertz CT molecular complexity index is 485. The molecule has 5 nitrogen and oxygen atoms in total. The molecule has 1 rings (SSSR count). The zero-order valence-corrected chi connectivity index (χ0v) is 12.3. The van der Waals surface area contributed by atoms with Gasteiger partial charge in [-0.15, -0.1) is 0 Å². The van der Waals surface area contributed by atoms with Crippen molar-refractivity contribution in [3.05, 3.63) is 47.2 Å². The van der Waals surface area contributed by atoms with E-state index in [4.69, 9.17) is 9.47 Å². The molecule has 0 amide bonds. The lowest BCUT2D eigenvalue weighted by molar-refractivity contribution is -0.147. The maximum absolute atomic E-state index is 11.8. The highest BCUT2D eigenvalue weighted by Gasteiger charge is 2.25. The van der Waals surface area contributed by atoms with Gasteiger partial charge in [-0.1, -0.05) is 30.3 Å². The molecule has 5 heteroatoms. The van der Waals surface area contributed by atoms with Crippen molar-refractivity contribution in [3.8, 4) is 0 Å². The van der Waals surface area contributed by atoms with Crippen LogP contribution in [0.2, 0.25) is 0 Å². The summed E-state index contributed by atoms with van der Waals surface area (Å²) in [5.41, 5.74) is 0.575. The third-order valence-electron chi connectivity index (χ3n) is 2.74. The third kappa shape index (κ3) is 5.30. The Balaban J connectivity index is 2.87. The number of aliphatic hydroxyl groups excluding tert-OH is 1. The van der Waals surface area contributed by atoms with Crippen molar-refractivity contribution in [3.63, 3.8) is 0 Å². The van der Waals surface area contributed by atoms with Crippen LogP contribution in [0.3, 0.4) is 0 Å². The molecule has 0 saturated heterocycles. The minimum absolute atomic E-state index is 0.119. The van der Waals surface area contributed by atoms with Crippen LogP contribution in [0.15, 0.2) is 41.7 Å². The van der Waals surface area contributed by atoms with E-state index >= 15 is 0 Å². The van der Waals surface area contributed by atoms with Gasteiger partial charge in [0.15, 0.2) is 5.57 Å². The maximum atomic E-state index is 11.8. The number of ether oxygens (including phenoxy) is 2. The second kappa shape index (κ2) is 8.79. The lowest BCUT2D eigenvalue weighted by Gasteiger charge is -2.09. The molecule has 0 saturated carbocycles. The molecular formula is C16H20O5. The first-order valence-electron chi connectivity index (χ1n) is 6.90. The first kappa shape index (κ1) is 16.8. The fourth-order valence-corrected chi connectivity index (χ4v) is 1.76. The number of hydrogen-bond donors (Lipinski definition) is 1. The highest BCUT2D eigenvalue weighted by molar-refractivity contribution is 6.14. The number of rotatable bonds is 7. The van der Waals surface area contributed by atoms with E-state index in [1.54, 1.807) is 13.8 Å². The molecular weight excluding hydrogens is 272 g/mol. The molecule has 21 heavy (non-hydrogen) atoms. The SMILES string of the molecule is CCOC(=O)C(C(=O)OCC)=C(O)CCc1ccccc1. The highest BCUT2D eigenvalue weighted by Crippen LogP contribution is 2.14. The van der Waals surface area contributed by atoms with Crippen molar-refractivity contribution >= 4 is 11.9 Å². The summed E-state index contributed by atoms with van der Waals surface area (Å²) in [6, 6.07) is 9.46. The molecule has 1 aromatic rings. The van der Waals surface area contributed by atoms with Crippen LogP contribution in [-0.2, 0) is 25.5 Å². The summed E-state index contributed by atoms with van der Waals surface area (Å²) in [5, 5.41) is 10.0. The van der Waals surface area contributed by atoms with Crippen LogP contribution in [0, 0.1) is 0 Å². The van der Waals surface area contributed by atoms with E-state index in [1.807, 2.05) is 30.3 Å². The van der Waals surface area contributed by atoms with Gasteiger partial charge >= 0.3 is 11.9 Å². The lowest BCUT2D eigenvalue weighted by Crippen LogP contribution is -2.20. The Morgan fingerprint density at radius 3 is 2.00 bits per heavy atom. The molecule has 0 fully saturated rings. The molecule has 0 unspecified atom stereocenters. The maximum Gasteiger partial charge on any atom is 0.349 e. The van der Waals surface area contributed by atoms with E-state index in [-0.39, 0.29) is 25.4 Å². The summed E-state index contributed by atoms with van der Waals surface area (Å²) in [4.78, 5) is 23.5. The van der Waals surface area contributed by atoms with Crippen LogP contribution < -0.4 is 0 Å². The van der Waals surface area contributed by atoms with Crippen molar-refractivity contribution in [1.82, 2.24) is 0 Å². The van der Waals surface area contributed by atoms with Gasteiger partial charge in [0.1, 0.15) is 5.76 Å². The smallest absolute Gasteiger partial charge is 0.349 e. The molecule has 0 bridgehead atoms. The van der Waals surface area contributed by atoms with Crippen LogP contribution in [-0.4, -0.2) is 30.3 Å². The topological polar surface area (TPSA) is 72.8 Å². The van der Waals surface area contributed by atoms with E-state index in [0.29, 0.717) is 6.42 Å². The van der Waals surface area contributed by atoms with Crippen molar-refractivity contribution in [1.29, 1.82) is 0 Å². The first-order chi connectivity index (χ1) is 10.1. The number of esters is 2.